The molecule has 0 aliphatic rings. The summed E-state index contributed by atoms with van der Waals surface area (Å²) in [5.41, 5.74) is -0.799. The van der Waals surface area contributed by atoms with Crippen molar-refractivity contribution in [1.29, 1.82) is 0 Å². The standard InChI is InChI=1S/C13H10F4IN3/c1-6-10(18)12(19-2)21-11(20-6)8-4-3-7(14)5-9(8)13(15,16)17/h3-5H,1-2H3,(H,19,20,21). The Morgan fingerprint density at radius 2 is 1.86 bits per heavy atom. The van der Waals surface area contributed by atoms with E-state index in [9.17, 15) is 17.6 Å². The second-order valence-electron chi connectivity index (χ2n) is 4.23. The second kappa shape index (κ2) is 5.74. The third kappa shape index (κ3) is 3.25. The Morgan fingerprint density at radius 1 is 1.19 bits per heavy atom. The van der Waals surface area contributed by atoms with E-state index in [0.717, 1.165) is 15.7 Å². The van der Waals surface area contributed by atoms with E-state index < -0.39 is 17.6 Å². The fourth-order valence-electron chi connectivity index (χ4n) is 1.79. The molecule has 0 amide bonds. The zero-order chi connectivity index (χ0) is 15.8. The summed E-state index contributed by atoms with van der Waals surface area (Å²) in [7, 11) is 1.61. The van der Waals surface area contributed by atoms with Crippen LogP contribution in [0.25, 0.3) is 11.4 Å². The Hall–Kier alpha value is -1.45. The van der Waals surface area contributed by atoms with Crippen LogP contribution in [0.5, 0.6) is 0 Å². The van der Waals surface area contributed by atoms with Gasteiger partial charge in [0.05, 0.1) is 14.8 Å². The van der Waals surface area contributed by atoms with Crippen LogP contribution in [0.1, 0.15) is 11.3 Å². The number of alkyl halides is 3. The summed E-state index contributed by atoms with van der Waals surface area (Å²) in [6, 6.07) is 2.45. The van der Waals surface area contributed by atoms with Gasteiger partial charge in [0.15, 0.2) is 5.82 Å². The molecule has 2 rings (SSSR count). The lowest BCUT2D eigenvalue weighted by Gasteiger charge is -2.14. The quantitative estimate of drug-likeness (QED) is 0.593. The second-order valence-corrected chi connectivity index (χ2v) is 5.31. The maximum absolute atomic E-state index is 13.1. The number of hydrogen-bond acceptors (Lipinski definition) is 3. The van der Waals surface area contributed by atoms with Gasteiger partial charge in [-0.15, -0.1) is 0 Å². The van der Waals surface area contributed by atoms with Crippen LogP contribution in [-0.2, 0) is 6.18 Å². The van der Waals surface area contributed by atoms with Crippen LogP contribution in [0.2, 0.25) is 0 Å². The van der Waals surface area contributed by atoms with Gasteiger partial charge in [-0.1, -0.05) is 0 Å². The lowest BCUT2D eigenvalue weighted by Crippen LogP contribution is -2.10. The largest absolute Gasteiger partial charge is 0.417 e. The first-order valence-corrected chi connectivity index (χ1v) is 6.91. The predicted octanol–water partition coefficient (Wildman–Crippen LogP) is 4.26. The Balaban J connectivity index is 2.70. The molecule has 8 heteroatoms. The van der Waals surface area contributed by atoms with Gasteiger partial charge in [0.25, 0.3) is 0 Å². The van der Waals surface area contributed by atoms with Gasteiger partial charge < -0.3 is 5.32 Å². The number of halogens is 5. The molecule has 0 saturated carbocycles. The van der Waals surface area contributed by atoms with Crippen molar-refractivity contribution in [1.82, 2.24) is 9.97 Å². The van der Waals surface area contributed by atoms with Crippen molar-refractivity contribution in [2.45, 2.75) is 13.1 Å². The molecule has 21 heavy (non-hydrogen) atoms. The highest BCUT2D eigenvalue weighted by molar-refractivity contribution is 14.1. The van der Waals surface area contributed by atoms with E-state index in [1.165, 1.54) is 0 Å². The topological polar surface area (TPSA) is 37.8 Å². The van der Waals surface area contributed by atoms with Crippen LogP contribution >= 0.6 is 22.6 Å². The van der Waals surface area contributed by atoms with Gasteiger partial charge in [-0.05, 0) is 47.7 Å². The first-order chi connectivity index (χ1) is 9.74. The molecule has 0 saturated heterocycles. The van der Waals surface area contributed by atoms with Gasteiger partial charge in [-0.25, -0.2) is 14.4 Å². The van der Waals surface area contributed by atoms with Crippen molar-refractivity contribution < 1.29 is 17.6 Å². The Morgan fingerprint density at radius 3 is 2.43 bits per heavy atom. The normalized spacial score (nSPS) is 11.6. The van der Waals surface area contributed by atoms with Crippen LogP contribution in [0, 0.1) is 16.3 Å². The summed E-state index contributed by atoms with van der Waals surface area (Å²) < 4.78 is 53.0. The lowest BCUT2D eigenvalue weighted by molar-refractivity contribution is -0.137. The number of nitrogens with one attached hydrogen (secondary N) is 1. The third-order valence-corrected chi connectivity index (χ3v) is 4.07. The summed E-state index contributed by atoms with van der Waals surface area (Å²) in [5, 5.41) is 2.80. The summed E-state index contributed by atoms with van der Waals surface area (Å²) >= 11 is 2.00. The number of aryl methyl sites for hydroxylation is 1. The van der Waals surface area contributed by atoms with Crippen LogP contribution < -0.4 is 5.32 Å². The van der Waals surface area contributed by atoms with Gasteiger partial charge >= 0.3 is 6.18 Å². The first kappa shape index (κ1) is 15.9. The molecule has 0 bridgehead atoms. The molecule has 1 N–H and O–H groups in total. The number of hydrogen-bond donors (Lipinski definition) is 1. The van der Waals surface area contributed by atoms with E-state index in [2.05, 4.69) is 15.3 Å². The number of anilines is 1. The molecule has 0 aliphatic heterocycles. The van der Waals surface area contributed by atoms with E-state index in [0.29, 0.717) is 17.6 Å². The van der Waals surface area contributed by atoms with Crippen LogP contribution in [0.3, 0.4) is 0 Å². The van der Waals surface area contributed by atoms with E-state index >= 15 is 0 Å². The van der Waals surface area contributed by atoms with Crippen LogP contribution in [0.15, 0.2) is 18.2 Å². The average Bonchev–Trinajstić information content (AvgIpc) is 2.40. The highest BCUT2D eigenvalue weighted by Gasteiger charge is 2.35. The minimum Gasteiger partial charge on any atom is -0.372 e. The molecule has 2 aromatic rings. The van der Waals surface area contributed by atoms with Gasteiger partial charge in [-0.2, -0.15) is 13.2 Å². The Labute approximate surface area is 131 Å². The van der Waals surface area contributed by atoms with Crippen LogP contribution in [-0.4, -0.2) is 17.0 Å². The van der Waals surface area contributed by atoms with Crippen LogP contribution in [0.4, 0.5) is 23.4 Å². The summed E-state index contributed by atoms with van der Waals surface area (Å²) in [4.78, 5) is 8.15. The van der Waals surface area contributed by atoms with E-state index in [-0.39, 0.29) is 11.4 Å². The predicted molar refractivity (Wildman–Crippen MR) is 79.4 cm³/mol. The van der Waals surface area contributed by atoms with Gasteiger partial charge in [0.2, 0.25) is 0 Å². The van der Waals surface area contributed by atoms with Gasteiger partial charge in [0, 0.05) is 12.6 Å². The van der Waals surface area contributed by atoms with Crippen molar-refractivity contribution in [3.8, 4) is 11.4 Å². The number of aromatic nitrogens is 2. The molecule has 0 fully saturated rings. The lowest BCUT2D eigenvalue weighted by atomic mass is 10.1. The Bertz CT molecular complexity index is 686. The molecule has 0 radical (unpaired) electrons. The van der Waals surface area contributed by atoms with E-state index in [4.69, 9.17) is 0 Å². The van der Waals surface area contributed by atoms with Crippen molar-refractivity contribution >= 4 is 28.4 Å². The van der Waals surface area contributed by atoms with Crippen molar-refractivity contribution in [3.63, 3.8) is 0 Å². The molecule has 1 aromatic heterocycles. The first-order valence-electron chi connectivity index (χ1n) is 5.83. The summed E-state index contributed by atoms with van der Waals surface area (Å²) in [6.07, 6.45) is -4.68. The maximum atomic E-state index is 13.1. The molecule has 1 aromatic carbocycles. The summed E-state index contributed by atoms with van der Waals surface area (Å²) in [6.45, 7) is 1.67. The SMILES string of the molecule is CNc1nc(-c2ccc(F)cc2C(F)(F)F)nc(C)c1I. The third-order valence-electron chi connectivity index (χ3n) is 2.78. The Kier molecular flexibility index (Phi) is 4.35. The van der Waals surface area contributed by atoms with Crippen molar-refractivity contribution in [2.24, 2.45) is 0 Å². The molecule has 3 nitrogen and oxygen atoms in total. The molecule has 0 spiro atoms. The zero-order valence-electron chi connectivity index (χ0n) is 11.0. The smallest absolute Gasteiger partial charge is 0.372 e. The monoisotopic (exact) mass is 411 g/mol. The zero-order valence-corrected chi connectivity index (χ0v) is 13.2. The fraction of sp³-hybridized carbons (Fsp3) is 0.231. The molecule has 112 valence electrons. The van der Waals surface area contributed by atoms with Gasteiger partial charge in [-0.3, -0.25) is 0 Å². The molecule has 0 aliphatic carbocycles. The van der Waals surface area contributed by atoms with E-state index in [1.807, 2.05) is 22.6 Å². The number of nitrogens with zero attached hydrogens (tertiary/aromatic N) is 2. The average molecular weight is 411 g/mol. The minimum atomic E-state index is -4.68. The summed E-state index contributed by atoms with van der Waals surface area (Å²) in [5.74, 6) is -0.623. The maximum Gasteiger partial charge on any atom is 0.417 e. The number of benzene rings is 1. The van der Waals surface area contributed by atoms with Crippen molar-refractivity contribution in [2.75, 3.05) is 12.4 Å². The molecular weight excluding hydrogens is 401 g/mol. The van der Waals surface area contributed by atoms with E-state index in [1.54, 1.807) is 14.0 Å². The van der Waals surface area contributed by atoms with Gasteiger partial charge in [0.1, 0.15) is 11.6 Å². The molecule has 0 atom stereocenters. The number of rotatable bonds is 2. The fourth-order valence-corrected chi connectivity index (χ4v) is 2.30. The molecule has 1 heterocycles. The highest BCUT2D eigenvalue weighted by Crippen LogP contribution is 2.37. The highest BCUT2D eigenvalue weighted by atomic mass is 127. The molecule has 0 unspecified atom stereocenters. The minimum absolute atomic E-state index is 0.0930. The molecular formula is C13H10F4IN3. The van der Waals surface area contributed by atoms with Crippen molar-refractivity contribution in [3.05, 3.63) is 38.8 Å².